The van der Waals surface area contributed by atoms with Crippen molar-refractivity contribution < 1.29 is 9.53 Å². The number of methoxy groups -OCH3 is 1. The second-order valence-electron chi connectivity index (χ2n) is 4.46. The molecule has 1 aromatic rings. The van der Waals surface area contributed by atoms with Crippen LogP contribution in [-0.2, 0) is 16.0 Å². The molecular formula is C15H22O2. The molecule has 0 N–H and O–H groups in total. The molecule has 1 atom stereocenters. The fourth-order valence-corrected chi connectivity index (χ4v) is 2.09. The van der Waals surface area contributed by atoms with Crippen molar-refractivity contribution in [2.24, 2.45) is 5.92 Å². The predicted molar refractivity (Wildman–Crippen MR) is 69.8 cm³/mol. The lowest BCUT2D eigenvalue weighted by atomic mass is 9.92. The molecule has 0 radical (unpaired) electrons. The largest absolute Gasteiger partial charge is 0.469 e. The molecule has 0 amide bonds. The zero-order chi connectivity index (χ0) is 12.5. The van der Waals surface area contributed by atoms with E-state index in [9.17, 15) is 4.79 Å². The molecule has 0 unspecified atom stereocenters. The second-order valence-corrected chi connectivity index (χ2v) is 4.46. The number of esters is 1. The summed E-state index contributed by atoms with van der Waals surface area (Å²) in [4.78, 5) is 11.3. The Kier molecular flexibility index (Phi) is 6.38. The molecule has 0 aliphatic carbocycles. The van der Waals surface area contributed by atoms with E-state index in [0.29, 0.717) is 12.3 Å². The van der Waals surface area contributed by atoms with Crippen LogP contribution < -0.4 is 0 Å². The number of ether oxygens (including phenoxy) is 1. The Bertz CT molecular complexity index is 319. The summed E-state index contributed by atoms with van der Waals surface area (Å²) in [7, 11) is 1.46. The molecule has 0 aliphatic heterocycles. The molecule has 1 rings (SSSR count). The fourth-order valence-electron chi connectivity index (χ4n) is 2.09. The molecule has 0 saturated carbocycles. The van der Waals surface area contributed by atoms with Gasteiger partial charge in [0, 0.05) is 6.42 Å². The van der Waals surface area contributed by atoms with E-state index in [-0.39, 0.29) is 5.97 Å². The number of carbonyl (C=O) groups is 1. The minimum absolute atomic E-state index is 0.0866. The van der Waals surface area contributed by atoms with Crippen LogP contribution in [0, 0.1) is 5.92 Å². The summed E-state index contributed by atoms with van der Waals surface area (Å²) in [6, 6.07) is 10.4. The topological polar surface area (TPSA) is 26.3 Å². The molecule has 0 bridgehead atoms. The monoisotopic (exact) mass is 234 g/mol. The van der Waals surface area contributed by atoms with Gasteiger partial charge in [0.1, 0.15) is 0 Å². The molecule has 1 aromatic carbocycles. The van der Waals surface area contributed by atoms with E-state index in [1.807, 2.05) is 6.07 Å². The first-order chi connectivity index (χ1) is 8.26. The summed E-state index contributed by atoms with van der Waals surface area (Å²) in [6.45, 7) is 2.16. The smallest absolute Gasteiger partial charge is 0.305 e. The summed E-state index contributed by atoms with van der Waals surface area (Å²) in [6.07, 6.45) is 4.88. The van der Waals surface area contributed by atoms with Crippen LogP contribution in [0.4, 0.5) is 0 Å². The van der Waals surface area contributed by atoms with E-state index in [4.69, 9.17) is 4.74 Å². The van der Waals surface area contributed by atoms with Crippen LogP contribution in [-0.4, -0.2) is 13.1 Å². The average Bonchev–Trinajstić information content (AvgIpc) is 2.37. The van der Waals surface area contributed by atoms with Gasteiger partial charge in [-0.3, -0.25) is 4.79 Å². The minimum atomic E-state index is -0.0866. The average molecular weight is 234 g/mol. The van der Waals surface area contributed by atoms with Gasteiger partial charge in [-0.1, -0.05) is 50.1 Å². The third kappa shape index (κ3) is 5.53. The highest BCUT2D eigenvalue weighted by molar-refractivity contribution is 5.69. The molecule has 2 nitrogen and oxygen atoms in total. The maximum absolute atomic E-state index is 11.3. The Morgan fingerprint density at radius 1 is 1.24 bits per heavy atom. The van der Waals surface area contributed by atoms with Crippen molar-refractivity contribution >= 4 is 5.97 Å². The highest BCUT2D eigenvalue weighted by Gasteiger charge is 2.13. The van der Waals surface area contributed by atoms with Crippen LogP contribution in [0.5, 0.6) is 0 Å². The van der Waals surface area contributed by atoms with Gasteiger partial charge in [0.05, 0.1) is 7.11 Å². The van der Waals surface area contributed by atoms with Gasteiger partial charge in [-0.15, -0.1) is 0 Å². The summed E-state index contributed by atoms with van der Waals surface area (Å²) in [5, 5.41) is 0. The number of benzene rings is 1. The number of rotatable bonds is 7. The number of carbonyl (C=O) groups excluding carboxylic acids is 1. The molecule has 0 aliphatic rings. The number of hydrogen-bond donors (Lipinski definition) is 0. The Labute approximate surface area is 104 Å². The van der Waals surface area contributed by atoms with Crippen LogP contribution in [0.2, 0.25) is 0 Å². The first kappa shape index (κ1) is 13.8. The van der Waals surface area contributed by atoms with Gasteiger partial charge in [-0.25, -0.2) is 0 Å². The molecular weight excluding hydrogens is 212 g/mol. The van der Waals surface area contributed by atoms with Crippen molar-refractivity contribution in [2.75, 3.05) is 7.11 Å². The third-order valence-corrected chi connectivity index (χ3v) is 3.06. The molecule has 17 heavy (non-hydrogen) atoms. The lowest BCUT2D eigenvalue weighted by Crippen LogP contribution is -2.11. The summed E-state index contributed by atoms with van der Waals surface area (Å²) in [5.41, 5.74) is 1.35. The van der Waals surface area contributed by atoms with Gasteiger partial charge in [0.25, 0.3) is 0 Å². The van der Waals surface area contributed by atoms with Crippen molar-refractivity contribution in [3.8, 4) is 0 Å². The normalized spacial score (nSPS) is 12.1. The van der Waals surface area contributed by atoms with Crippen molar-refractivity contribution in [3.63, 3.8) is 0 Å². The molecule has 2 heteroatoms. The summed E-state index contributed by atoms with van der Waals surface area (Å²) in [5.74, 6) is 0.365. The first-order valence-corrected chi connectivity index (χ1v) is 6.37. The second kappa shape index (κ2) is 7.88. The van der Waals surface area contributed by atoms with E-state index in [0.717, 1.165) is 25.7 Å². The van der Waals surface area contributed by atoms with Crippen molar-refractivity contribution in [1.29, 1.82) is 0 Å². The molecule has 0 aromatic heterocycles. The molecule has 0 saturated heterocycles. The van der Waals surface area contributed by atoms with E-state index in [2.05, 4.69) is 31.2 Å². The third-order valence-electron chi connectivity index (χ3n) is 3.06. The quantitative estimate of drug-likeness (QED) is 0.674. The predicted octanol–water partition coefficient (Wildman–Crippen LogP) is 3.60. The van der Waals surface area contributed by atoms with E-state index < -0.39 is 0 Å². The Morgan fingerprint density at radius 2 is 1.94 bits per heavy atom. The van der Waals surface area contributed by atoms with Gasteiger partial charge in [0.15, 0.2) is 0 Å². The lowest BCUT2D eigenvalue weighted by Gasteiger charge is -2.14. The zero-order valence-corrected chi connectivity index (χ0v) is 10.8. The number of aryl methyl sites for hydroxylation is 1. The zero-order valence-electron chi connectivity index (χ0n) is 10.8. The fraction of sp³-hybridized carbons (Fsp3) is 0.533. The van der Waals surface area contributed by atoms with Gasteiger partial charge in [-0.05, 0) is 24.3 Å². The number of hydrogen-bond acceptors (Lipinski definition) is 2. The van der Waals surface area contributed by atoms with Crippen molar-refractivity contribution in [2.45, 2.75) is 39.0 Å². The van der Waals surface area contributed by atoms with Crippen LogP contribution in [0.15, 0.2) is 30.3 Å². The van der Waals surface area contributed by atoms with Crippen LogP contribution >= 0.6 is 0 Å². The Balaban J connectivity index is 2.41. The van der Waals surface area contributed by atoms with Crippen molar-refractivity contribution in [3.05, 3.63) is 35.9 Å². The highest BCUT2D eigenvalue weighted by atomic mass is 16.5. The maximum Gasteiger partial charge on any atom is 0.305 e. The highest BCUT2D eigenvalue weighted by Crippen LogP contribution is 2.19. The summed E-state index contributed by atoms with van der Waals surface area (Å²) >= 11 is 0. The van der Waals surface area contributed by atoms with Crippen LogP contribution in [0.3, 0.4) is 0 Å². The van der Waals surface area contributed by atoms with E-state index in [1.54, 1.807) is 0 Å². The standard InChI is InChI=1S/C15H22O2/c1-3-7-14(12-15(16)17-2)11-10-13-8-5-4-6-9-13/h4-6,8-9,14H,3,7,10-12H2,1-2H3/t14-/m1/s1. The van der Waals surface area contributed by atoms with Gasteiger partial charge >= 0.3 is 5.97 Å². The SMILES string of the molecule is CCC[C@H](CCc1ccccc1)CC(=O)OC. The Hall–Kier alpha value is -1.31. The molecule has 0 heterocycles. The van der Waals surface area contributed by atoms with Crippen LogP contribution in [0.1, 0.15) is 38.2 Å². The van der Waals surface area contributed by atoms with Gasteiger partial charge in [-0.2, -0.15) is 0 Å². The first-order valence-electron chi connectivity index (χ1n) is 6.37. The van der Waals surface area contributed by atoms with Crippen molar-refractivity contribution in [1.82, 2.24) is 0 Å². The lowest BCUT2D eigenvalue weighted by molar-refractivity contribution is -0.141. The van der Waals surface area contributed by atoms with Gasteiger partial charge in [0.2, 0.25) is 0 Å². The Morgan fingerprint density at radius 3 is 2.53 bits per heavy atom. The van der Waals surface area contributed by atoms with Crippen LogP contribution in [0.25, 0.3) is 0 Å². The minimum Gasteiger partial charge on any atom is -0.469 e. The molecule has 94 valence electrons. The van der Waals surface area contributed by atoms with E-state index in [1.165, 1.54) is 12.7 Å². The summed E-state index contributed by atoms with van der Waals surface area (Å²) < 4.78 is 4.74. The maximum atomic E-state index is 11.3. The van der Waals surface area contributed by atoms with E-state index >= 15 is 0 Å². The molecule has 0 fully saturated rings. The molecule has 0 spiro atoms. The van der Waals surface area contributed by atoms with Gasteiger partial charge < -0.3 is 4.74 Å².